The Bertz CT molecular complexity index is 1230. The number of hydrogen-bond acceptors (Lipinski definition) is 3. The third-order valence-electron chi connectivity index (χ3n) is 6.29. The Morgan fingerprint density at radius 1 is 1.12 bits per heavy atom. The number of nitrogens with one attached hydrogen (secondary N) is 1. The lowest BCUT2D eigenvalue weighted by Crippen LogP contribution is -2.30. The standard InChI is InChI=1S/C26H21BrClF2NO2/c1-32-23-10-15(9-21(27)26(23)33-13-14-5-7-16(28)8-6-14)24-19-4-2-3-18(19)20-11-17(29)12-22(30)25(20)31-24/h2-3,5-12,18-19,24,31H,4,13H2,1H3/t18?,19?,24-/m1/s1. The molecule has 2 aliphatic rings. The summed E-state index contributed by atoms with van der Waals surface area (Å²) in [6.45, 7) is 0.353. The van der Waals surface area contributed by atoms with Gasteiger partial charge < -0.3 is 14.8 Å². The summed E-state index contributed by atoms with van der Waals surface area (Å²) in [4.78, 5) is 0. The van der Waals surface area contributed by atoms with E-state index in [0.29, 0.717) is 34.4 Å². The fraction of sp³-hybridized carbons (Fsp3) is 0.231. The number of ether oxygens (including phenoxy) is 2. The van der Waals surface area contributed by atoms with Crippen LogP contribution in [0, 0.1) is 17.6 Å². The SMILES string of the molecule is COc1cc([C@H]2Nc3c(F)cc(F)cc3C3C=CCC32)cc(Br)c1OCc1ccc(Cl)cc1. The minimum Gasteiger partial charge on any atom is -0.493 e. The molecular weight excluding hydrogens is 512 g/mol. The fourth-order valence-electron chi connectivity index (χ4n) is 4.75. The fourth-order valence-corrected chi connectivity index (χ4v) is 5.45. The number of fused-ring (bicyclic) bond motifs is 3. The van der Waals surface area contributed by atoms with E-state index < -0.39 is 11.6 Å². The largest absolute Gasteiger partial charge is 0.493 e. The second-order valence-corrected chi connectivity index (χ2v) is 9.57. The van der Waals surface area contributed by atoms with Crippen LogP contribution in [0.3, 0.4) is 0 Å². The lowest BCUT2D eigenvalue weighted by atomic mass is 9.77. The zero-order chi connectivity index (χ0) is 23.1. The number of methoxy groups -OCH3 is 1. The number of hydrogen-bond donors (Lipinski definition) is 1. The van der Waals surface area contributed by atoms with E-state index >= 15 is 0 Å². The maximum Gasteiger partial charge on any atom is 0.175 e. The summed E-state index contributed by atoms with van der Waals surface area (Å²) in [6.07, 6.45) is 4.94. The Balaban J connectivity index is 1.47. The molecule has 3 aromatic carbocycles. The van der Waals surface area contributed by atoms with E-state index in [2.05, 4.69) is 27.3 Å². The van der Waals surface area contributed by atoms with Crippen molar-refractivity contribution in [1.29, 1.82) is 0 Å². The van der Waals surface area contributed by atoms with Gasteiger partial charge in [0, 0.05) is 17.0 Å². The van der Waals surface area contributed by atoms with Gasteiger partial charge in [0.1, 0.15) is 18.2 Å². The monoisotopic (exact) mass is 531 g/mol. The van der Waals surface area contributed by atoms with E-state index in [0.717, 1.165) is 28.1 Å². The van der Waals surface area contributed by atoms with Crippen LogP contribution in [0.5, 0.6) is 11.5 Å². The average molecular weight is 533 g/mol. The Labute approximate surface area is 204 Å². The first kappa shape index (κ1) is 22.2. The van der Waals surface area contributed by atoms with Gasteiger partial charge in [-0.3, -0.25) is 0 Å². The van der Waals surface area contributed by atoms with Crippen molar-refractivity contribution in [2.24, 2.45) is 5.92 Å². The molecule has 0 bridgehead atoms. The highest BCUT2D eigenvalue weighted by molar-refractivity contribution is 9.10. The van der Waals surface area contributed by atoms with Crippen molar-refractivity contribution in [3.63, 3.8) is 0 Å². The predicted molar refractivity (Wildman–Crippen MR) is 129 cm³/mol. The van der Waals surface area contributed by atoms with E-state index in [4.69, 9.17) is 21.1 Å². The predicted octanol–water partition coefficient (Wildman–Crippen LogP) is 7.79. The first-order valence-corrected chi connectivity index (χ1v) is 11.8. The molecule has 33 heavy (non-hydrogen) atoms. The zero-order valence-corrected chi connectivity index (χ0v) is 20.1. The molecule has 0 aromatic heterocycles. The third-order valence-corrected chi connectivity index (χ3v) is 7.13. The summed E-state index contributed by atoms with van der Waals surface area (Å²) in [5.74, 6) is 0.0998. The van der Waals surface area contributed by atoms with Gasteiger partial charge in [-0.15, -0.1) is 0 Å². The second-order valence-electron chi connectivity index (χ2n) is 8.28. The van der Waals surface area contributed by atoms with Crippen LogP contribution in [0.2, 0.25) is 5.02 Å². The molecular formula is C26H21BrClF2NO2. The van der Waals surface area contributed by atoms with Gasteiger partial charge in [-0.2, -0.15) is 0 Å². The van der Waals surface area contributed by atoms with E-state index in [-0.39, 0.29) is 17.9 Å². The second kappa shape index (κ2) is 8.99. The first-order valence-electron chi connectivity index (χ1n) is 10.6. The molecule has 0 fully saturated rings. The zero-order valence-electron chi connectivity index (χ0n) is 17.7. The molecule has 3 nitrogen and oxygen atoms in total. The molecule has 1 aliphatic carbocycles. The maximum atomic E-state index is 14.7. The molecule has 0 amide bonds. The van der Waals surface area contributed by atoms with Crippen molar-refractivity contribution in [2.75, 3.05) is 12.4 Å². The van der Waals surface area contributed by atoms with Crippen LogP contribution >= 0.6 is 27.5 Å². The molecule has 3 atom stereocenters. The highest BCUT2D eigenvalue weighted by atomic mass is 79.9. The van der Waals surface area contributed by atoms with Crippen molar-refractivity contribution in [3.05, 3.63) is 98.5 Å². The highest BCUT2D eigenvalue weighted by Gasteiger charge is 2.39. The maximum absolute atomic E-state index is 14.7. The smallest absolute Gasteiger partial charge is 0.175 e. The molecule has 2 unspecified atom stereocenters. The molecule has 5 rings (SSSR count). The quantitative estimate of drug-likeness (QED) is 0.340. The third kappa shape index (κ3) is 4.22. The molecule has 0 spiro atoms. The summed E-state index contributed by atoms with van der Waals surface area (Å²) in [5.41, 5.74) is 2.93. The summed E-state index contributed by atoms with van der Waals surface area (Å²) >= 11 is 9.59. The number of rotatable bonds is 5. The van der Waals surface area contributed by atoms with Crippen molar-refractivity contribution >= 4 is 33.2 Å². The summed E-state index contributed by atoms with van der Waals surface area (Å²) in [5, 5.41) is 4.00. The Kier molecular flexibility index (Phi) is 6.06. The van der Waals surface area contributed by atoms with Gasteiger partial charge in [-0.25, -0.2) is 8.78 Å². The Morgan fingerprint density at radius 2 is 1.91 bits per heavy atom. The average Bonchev–Trinajstić information content (AvgIpc) is 3.29. The van der Waals surface area contributed by atoms with E-state index in [1.807, 2.05) is 42.5 Å². The molecule has 1 N–H and O–H groups in total. The minimum atomic E-state index is -0.581. The van der Waals surface area contributed by atoms with Crippen molar-refractivity contribution in [3.8, 4) is 11.5 Å². The number of anilines is 1. The van der Waals surface area contributed by atoms with Gasteiger partial charge in [-0.05, 0) is 75.3 Å². The summed E-state index contributed by atoms with van der Waals surface area (Å²) in [6, 6.07) is 13.5. The summed E-state index contributed by atoms with van der Waals surface area (Å²) < 4.78 is 41.0. The van der Waals surface area contributed by atoms with Crippen LogP contribution in [0.1, 0.15) is 35.1 Å². The van der Waals surface area contributed by atoms with Gasteiger partial charge in [0.15, 0.2) is 11.5 Å². The molecule has 0 saturated heterocycles. The normalized spacial score (nSPS) is 20.7. The van der Waals surface area contributed by atoms with Crippen molar-refractivity contribution < 1.29 is 18.3 Å². The first-order chi connectivity index (χ1) is 15.9. The van der Waals surface area contributed by atoms with Crippen LogP contribution in [-0.4, -0.2) is 7.11 Å². The van der Waals surface area contributed by atoms with E-state index in [9.17, 15) is 8.78 Å². The number of benzene rings is 3. The van der Waals surface area contributed by atoms with Crippen LogP contribution < -0.4 is 14.8 Å². The van der Waals surface area contributed by atoms with Crippen LogP contribution in [0.25, 0.3) is 0 Å². The van der Waals surface area contributed by atoms with Crippen molar-refractivity contribution in [2.45, 2.75) is 25.0 Å². The topological polar surface area (TPSA) is 30.5 Å². The molecule has 0 saturated carbocycles. The van der Waals surface area contributed by atoms with Gasteiger partial charge in [0.2, 0.25) is 0 Å². The van der Waals surface area contributed by atoms with Gasteiger partial charge in [0.05, 0.1) is 23.3 Å². The lowest BCUT2D eigenvalue weighted by molar-refractivity contribution is 0.282. The van der Waals surface area contributed by atoms with Crippen LogP contribution in [0.4, 0.5) is 14.5 Å². The molecule has 3 aromatic rings. The highest BCUT2D eigenvalue weighted by Crippen LogP contribution is 2.52. The van der Waals surface area contributed by atoms with Crippen LogP contribution in [-0.2, 0) is 6.61 Å². The molecule has 1 heterocycles. The minimum absolute atomic E-state index is 0.0537. The van der Waals surface area contributed by atoms with Gasteiger partial charge >= 0.3 is 0 Å². The van der Waals surface area contributed by atoms with Gasteiger partial charge in [-0.1, -0.05) is 35.9 Å². The van der Waals surface area contributed by atoms with E-state index in [1.54, 1.807) is 7.11 Å². The van der Waals surface area contributed by atoms with E-state index in [1.165, 1.54) is 6.07 Å². The number of allylic oxidation sites excluding steroid dienone is 2. The Morgan fingerprint density at radius 3 is 2.67 bits per heavy atom. The molecule has 1 aliphatic heterocycles. The number of halogens is 4. The van der Waals surface area contributed by atoms with Crippen molar-refractivity contribution in [1.82, 2.24) is 0 Å². The Hall–Kier alpha value is -2.57. The summed E-state index contributed by atoms with van der Waals surface area (Å²) in [7, 11) is 1.59. The van der Waals surface area contributed by atoms with Gasteiger partial charge in [0.25, 0.3) is 0 Å². The molecule has 7 heteroatoms. The van der Waals surface area contributed by atoms with Crippen LogP contribution in [0.15, 0.2) is 65.2 Å². The lowest BCUT2D eigenvalue weighted by Gasteiger charge is -2.38. The molecule has 0 radical (unpaired) electrons. The molecule has 170 valence electrons.